The number of halogens is 1. The summed E-state index contributed by atoms with van der Waals surface area (Å²) in [5.41, 5.74) is 0.685. The summed E-state index contributed by atoms with van der Waals surface area (Å²) in [7, 11) is -3.64. The molecule has 1 aromatic rings. The molecule has 0 aliphatic rings. The molecule has 0 amide bonds. The molecular weight excluding hydrogens is 274 g/mol. The van der Waals surface area contributed by atoms with Gasteiger partial charge in [-0.15, -0.1) is 11.3 Å². The number of nitrogens with one attached hydrogen (secondary N) is 1. The normalized spacial score (nSPS) is 11.6. The summed E-state index contributed by atoms with van der Waals surface area (Å²) in [6.45, 7) is 1.57. The lowest BCUT2D eigenvalue weighted by atomic mass is 10.4. The van der Waals surface area contributed by atoms with Crippen molar-refractivity contribution in [3.8, 4) is 0 Å². The molecule has 0 bridgehead atoms. The van der Waals surface area contributed by atoms with Crippen LogP contribution in [0.15, 0.2) is 10.3 Å². The molecule has 0 aliphatic heterocycles. The van der Waals surface area contributed by atoms with Gasteiger partial charge in [-0.05, 0) is 18.6 Å². The van der Waals surface area contributed by atoms with E-state index in [4.69, 9.17) is 16.7 Å². The molecule has 90 valence electrons. The summed E-state index contributed by atoms with van der Waals surface area (Å²) in [4.78, 5) is 10.2. The Morgan fingerprint density at radius 1 is 1.62 bits per heavy atom. The number of aliphatic carboxylic acids is 1. The standard InChI is InChI=1S/C8H10ClNO4S2/c1-5-4-7(15-8(5)9)16(13,14)10-3-2-6(11)12/h4,10H,2-3H2,1H3,(H,11,12). The van der Waals surface area contributed by atoms with Crippen LogP contribution in [0.5, 0.6) is 0 Å². The van der Waals surface area contributed by atoms with E-state index in [2.05, 4.69) is 4.72 Å². The molecule has 0 aromatic carbocycles. The smallest absolute Gasteiger partial charge is 0.304 e. The van der Waals surface area contributed by atoms with E-state index in [-0.39, 0.29) is 17.2 Å². The number of aryl methyl sites for hydroxylation is 1. The minimum Gasteiger partial charge on any atom is -0.481 e. The lowest BCUT2D eigenvalue weighted by molar-refractivity contribution is -0.136. The molecule has 0 atom stereocenters. The van der Waals surface area contributed by atoms with Crippen molar-refractivity contribution >= 4 is 38.9 Å². The van der Waals surface area contributed by atoms with Crippen LogP contribution in [0, 0.1) is 6.92 Å². The predicted molar refractivity (Wildman–Crippen MR) is 61.5 cm³/mol. The summed E-state index contributed by atoms with van der Waals surface area (Å²) >= 11 is 6.70. The zero-order valence-corrected chi connectivity index (χ0v) is 10.7. The number of sulfonamides is 1. The van der Waals surface area contributed by atoms with Crippen molar-refractivity contribution in [3.63, 3.8) is 0 Å². The number of thiophene rings is 1. The van der Waals surface area contributed by atoms with Crippen LogP contribution in [0.4, 0.5) is 0 Å². The Labute approximate surface area is 102 Å². The minimum absolute atomic E-state index is 0.0976. The van der Waals surface area contributed by atoms with Crippen LogP contribution >= 0.6 is 22.9 Å². The van der Waals surface area contributed by atoms with E-state index in [0.717, 1.165) is 11.3 Å². The van der Waals surface area contributed by atoms with E-state index in [0.29, 0.717) is 9.90 Å². The predicted octanol–water partition coefficient (Wildman–Crippen LogP) is 1.46. The molecule has 5 nitrogen and oxygen atoms in total. The van der Waals surface area contributed by atoms with Gasteiger partial charge in [0.05, 0.1) is 10.8 Å². The quantitative estimate of drug-likeness (QED) is 0.857. The maximum Gasteiger partial charge on any atom is 0.304 e. The van der Waals surface area contributed by atoms with Crippen molar-refractivity contribution < 1.29 is 18.3 Å². The van der Waals surface area contributed by atoms with Gasteiger partial charge in [0.25, 0.3) is 0 Å². The van der Waals surface area contributed by atoms with E-state index >= 15 is 0 Å². The number of carboxylic acid groups (broad SMARTS) is 1. The second-order valence-electron chi connectivity index (χ2n) is 3.06. The molecule has 0 fully saturated rings. The molecule has 0 spiro atoms. The van der Waals surface area contributed by atoms with E-state index in [9.17, 15) is 13.2 Å². The van der Waals surface area contributed by atoms with Crippen molar-refractivity contribution in [2.24, 2.45) is 0 Å². The Bertz CT molecular complexity index is 475. The Morgan fingerprint density at radius 3 is 2.69 bits per heavy atom. The van der Waals surface area contributed by atoms with Crippen molar-refractivity contribution in [1.82, 2.24) is 4.72 Å². The van der Waals surface area contributed by atoms with Gasteiger partial charge in [0.15, 0.2) is 0 Å². The molecule has 0 aliphatic carbocycles. The number of hydrogen-bond donors (Lipinski definition) is 2. The maximum atomic E-state index is 11.6. The van der Waals surface area contributed by atoms with Crippen LogP contribution in [0.1, 0.15) is 12.0 Å². The van der Waals surface area contributed by atoms with Gasteiger partial charge in [-0.1, -0.05) is 11.6 Å². The maximum absolute atomic E-state index is 11.6. The highest BCUT2D eigenvalue weighted by molar-refractivity contribution is 7.91. The third-order valence-corrected chi connectivity index (χ3v) is 5.22. The van der Waals surface area contributed by atoms with Gasteiger partial charge >= 0.3 is 5.97 Å². The Balaban J connectivity index is 2.74. The topological polar surface area (TPSA) is 83.5 Å². The lowest BCUT2D eigenvalue weighted by Crippen LogP contribution is -2.25. The second kappa shape index (κ2) is 5.13. The molecule has 1 rings (SSSR count). The summed E-state index contributed by atoms with van der Waals surface area (Å²) < 4.78 is 26.0. The number of carboxylic acids is 1. The van der Waals surface area contributed by atoms with Crippen LogP contribution in [0.2, 0.25) is 4.34 Å². The highest BCUT2D eigenvalue weighted by Gasteiger charge is 2.18. The summed E-state index contributed by atoms with van der Waals surface area (Å²) in [6.07, 6.45) is -0.253. The average Bonchev–Trinajstić information content (AvgIpc) is 2.46. The van der Waals surface area contributed by atoms with Crippen molar-refractivity contribution in [1.29, 1.82) is 0 Å². The third-order valence-electron chi connectivity index (χ3n) is 1.73. The minimum atomic E-state index is -3.64. The highest BCUT2D eigenvalue weighted by Crippen LogP contribution is 2.29. The first-order valence-corrected chi connectivity index (χ1v) is 6.98. The first kappa shape index (κ1) is 13.4. The Morgan fingerprint density at radius 2 is 2.25 bits per heavy atom. The SMILES string of the molecule is Cc1cc(S(=O)(=O)NCCC(=O)O)sc1Cl. The molecule has 0 saturated heterocycles. The largest absolute Gasteiger partial charge is 0.481 e. The molecular formula is C8H10ClNO4S2. The zero-order chi connectivity index (χ0) is 12.3. The van der Waals surface area contributed by atoms with Gasteiger partial charge < -0.3 is 5.11 Å². The molecule has 16 heavy (non-hydrogen) atoms. The first-order chi connectivity index (χ1) is 7.33. The van der Waals surface area contributed by atoms with Gasteiger partial charge in [0.2, 0.25) is 10.0 Å². The lowest BCUT2D eigenvalue weighted by Gasteiger charge is -2.01. The van der Waals surface area contributed by atoms with Crippen LogP contribution in [-0.4, -0.2) is 26.0 Å². The fourth-order valence-electron chi connectivity index (χ4n) is 0.928. The van der Waals surface area contributed by atoms with E-state index in [1.165, 1.54) is 6.07 Å². The fourth-order valence-corrected chi connectivity index (χ4v) is 3.71. The molecule has 2 N–H and O–H groups in total. The van der Waals surface area contributed by atoms with Crippen LogP contribution in [-0.2, 0) is 14.8 Å². The van der Waals surface area contributed by atoms with Crippen molar-refractivity contribution in [2.75, 3.05) is 6.54 Å². The Hall–Kier alpha value is -0.630. The number of carbonyl (C=O) groups is 1. The van der Waals surface area contributed by atoms with E-state index in [1.54, 1.807) is 6.92 Å². The average molecular weight is 284 g/mol. The van der Waals surface area contributed by atoms with E-state index in [1.807, 2.05) is 0 Å². The second-order valence-corrected chi connectivity index (χ2v) is 6.71. The van der Waals surface area contributed by atoms with Gasteiger partial charge in [-0.25, -0.2) is 13.1 Å². The molecule has 1 heterocycles. The summed E-state index contributed by atoms with van der Waals surface area (Å²) in [5, 5.41) is 8.38. The molecule has 1 aromatic heterocycles. The molecule has 0 unspecified atom stereocenters. The van der Waals surface area contributed by atoms with Crippen LogP contribution in [0.3, 0.4) is 0 Å². The summed E-state index contributed by atoms with van der Waals surface area (Å²) in [6, 6.07) is 1.45. The van der Waals surface area contributed by atoms with Gasteiger partial charge in [0.1, 0.15) is 4.21 Å². The van der Waals surface area contributed by atoms with E-state index < -0.39 is 16.0 Å². The van der Waals surface area contributed by atoms with Crippen molar-refractivity contribution in [3.05, 3.63) is 16.0 Å². The number of hydrogen-bond acceptors (Lipinski definition) is 4. The van der Waals surface area contributed by atoms with Crippen molar-refractivity contribution in [2.45, 2.75) is 17.6 Å². The molecule has 0 saturated carbocycles. The fraction of sp³-hybridized carbons (Fsp3) is 0.375. The highest BCUT2D eigenvalue weighted by atomic mass is 35.5. The van der Waals surface area contributed by atoms with Crippen LogP contribution in [0.25, 0.3) is 0 Å². The molecule has 0 radical (unpaired) electrons. The zero-order valence-electron chi connectivity index (χ0n) is 8.36. The van der Waals surface area contributed by atoms with Crippen LogP contribution < -0.4 is 4.72 Å². The van der Waals surface area contributed by atoms with Gasteiger partial charge in [-0.3, -0.25) is 4.79 Å². The third kappa shape index (κ3) is 3.44. The molecule has 8 heteroatoms. The van der Waals surface area contributed by atoms with Gasteiger partial charge in [0, 0.05) is 6.54 Å². The summed E-state index contributed by atoms with van der Waals surface area (Å²) in [5.74, 6) is -1.05. The first-order valence-electron chi connectivity index (χ1n) is 4.30. The monoisotopic (exact) mass is 283 g/mol. The van der Waals surface area contributed by atoms with Gasteiger partial charge in [-0.2, -0.15) is 0 Å². The number of rotatable bonds is 5. The Kier molecular flexibility index (Phi) is 4.31.